The fourth-order valence-electron chi connectivity index (χ4n) is 1.94. The number of hydrogen-bond donors (Lipinski definition) is 2. The van der Waals surface area contributed by atoms with Gasteiger partial charge in [0.15, 0.2) is 6.04 Å². The van der Waals surface area contributed by atoms with Gasteiger partial charge in [-0.05, 0) is 37.0 Å². The lowest BCUT2D eigenvalue weighted by atomic mass is 10.0. The van der Waals surface area contributed by atoms with E-state index in [9.17, 15) is 14.7 Å². The first-order valence-electron chi connectivity index (χ1n) is 6.72. The minimum Gasteiger partial charge on any atom is -0.479 e. The molecular weight excluding hydrogens is 274 g/mol. The highest BCUT2D eigenvalue weighted by molar-refractivity contribution is 7.99. The van der Waals surface area contributed by atoms with Crippen LogP contribution in [0.25, 0.3) is 0 Å². The normalized spacial score (nSPS) is 15.7. The molecule has 0 bridgehead atoms. The van der Waals surface area contributed by atoms with Gasteiger partial charge in [0.2, 0.25) is 5.91 Å². The van der Waals surface area contributed by atoms with Crippen molar-refractivity contribution in [1.82, 2.24) is 5.32 Å². The molecular formula is C15H19NO3S. The quantitative estimate of drug-likeness (QED) is 0.810. The van der Waals surface area contributed by atoms with E-state index in [-0.39, 0.29) is 5.91 Å². The van der Waals surface area contributed by atoms with Crippen LogP contribution in [0, 0.1) is 12.8 Å². The second kappa shape index (κ2) is 6.79. The fraction of sp³-hybridized carbons (Fsp3) is 0.467. The van der Waals surface area contributed by atoms with Gasteiger partial charge in [-0.3, -0.25) is 4.79 Å². The molecule has 20 heavy (non-hydrogen) atoms. The Morgan fingerprint density at radius 2 is 2.20 bits per heavy atom. The maximum absolute atomic E-state index is 11.8. The summed E-state index contributed by atoms with van der Waals surface area (Å²) in [6, 6.07) is 6.24. The number of carboxylic acids is 1. The van der Waals surface area contributed by atoms with Crippen molar-refractivity contribution in [2.75, 3.05) is 11.5 Å². The van der Waals surface area contributed by atoms with Gasteiger partial charge in [0.25, 0.3) is 0 Å². The maximum atomic E-state index is 11.8. The van der Waals surface area contributed by atoms with Gasteiger partial charge in [0.05, 0.1) is 5.75 Å². The molecule has 0 radical (unpaired) electrons. The molecule has 1 aromatic carbocycles. The predicted octanol–water partition coefficient (Wildman–Crippen LogP) is 2.38. The maximum Gasteiger partial charge on any atom is 0.330 e. The Labute approximate surface area is 123 Å². The van der Waals surface area contributed by atoms with Crippen molar-refractivity contribution >= 4 is 23.6 Å². The second-order valence-electron chi connectivity index (χ2n) is 5.21. The minimum absolute atomic E-state index is 0.218. The largest absolute Gasteiger partial charge is 0.479 e. The summed E-state index contributed by atoms with van der Waals surface area (Å²) >= 11 is 1.58. The third kappa shape index (κ3) is 4.56. The second-order valence-corrected chi connectivity index (χ2v) is 6.24. The summed E-state index contributed by atoms with van der Waals surface area (Å²) in [6.45, 7) is 1.90. The third-order valence-corrected chi connectivity index (χ3v) is 4.38. The third-order valence-electron chi connectivity index (χ3n) is 3.21. The summed E-state index contributed by atoms with van der Waals surface area (Å²) in [6.07, 6.45) is 2.52. The van der Waals surface area contributed by atoms with Gasteiger partial charge in [-0.1, -0.05) is 29.8 Å². The summed E-state index contributed by atoms with van der Waals surface area (Å²) in [5.41, 5.74) is 1.59. The molecule has 0 saturated heterocycles. The van der Waals surface area contributed by atoms with Gasteiger partial charge >= 0.3 is 5.97 Å². The smallest absolute Gasteiger partial charge is 0.330 e. The molecule has 1 fully saturated rings. The topological polar surface area (TPSA) is 66.4 Å². The van der Waals surface area contributed by atoms with Gasteiger partial charge in [-0.2, -0.15) is 11.8 Å². The van der Waals surface area contributed by atoms with E-state index in [0.29, 0.717) is 11.3 Å². The highest BCUT2D eigenvalue weighted by Crippen LogP contribution is 2.32. The van der Waals surface area contributed by atoms with Crippen LogP contribution >= 0.6 is 11.8 Å². The van der Waals surface area contributed by atoms with Crippen molar-refractivity contribution in [3.63, 3.8) is 0 Å². The first-order valence-corrected chi connectivity index (χ1v) is 7.88. The van der Waals surface area contributed by atoms with E-state index in [1.807, 2.05) is 13.0 Å². The molecule has 0 spiro atoms. The fourth-order valence-corrected chi connectivity index (χ4v) is 3.00. The molecule has 0 aliphatic heterocycles. The SMILES string of the molecule is Cc1cccc(C(NC(=O)CSCC2CC2)C(=O)O)c1. The summed E-state index contributed by atoms with van der Waals surface area (Å²) in [7, 11) is 0. The number of amides is 1. The van der Waals surface area contributed by atoms with Crippen LogP contribution in [0.1, 0.15) is 30.0 Å². The molecule has 0 aromatic heterocycles. The average Bonchev–Trinajstić information content (AvgIpc) is 3.19. The zero-order valence-corrected chi connectivity index (χ0v) is 12.3. The Morgan fingerprint density at radius 3 is 2.80 bits per heavy atom. The molecule has 2 N–H and O–H groups in total. The molecule has 1 atom stereocenters. The van der Waals surface area contributed by atoms with E-state index in [4.69, 9.17) is 0 Å². The number of aryl methyl sites for hydroxylation is 1. The molecule has 1 unspecified atom stereocenters. The van der Waals surface area contributed by atoms with Crippen molar-refractivity contribution in [1.29, 1.82) is 0 Å². The summed E-state index contributed by atoms with van der Waals surface area (Å²) < 4.78 is 0. The van der Waals surface area contributed by atoms with Gasteiger partial charge in [-0.25, -0.2) is 4.79 Å². The van der Waals surface area contributed by atoms with Crippen molar-refractivity contribution in [3.8, 4) is 0 Å². The molecule has 1 aliphatic carbocycles. The molecule has 0 heterocycles. The highest BCUT2D eigenvalue weighted by atomic mass is 32.2. The van der Waals surface area contributed by atoms with Crippen molar-refractivity contribution in [3.05, 3.63) is 35.4 Å². The van der Waals surface area contributed by atoms with Gasteiger partial charge in [0, 0.05) is 0 Å². The Morgan fingerprint density at radius 1 is 1.45 bits per heavy atom. The number of carboxylic acid groups (broad SMARTS) is 1. The van der Waals surface area contributed by atoms with Crippen LogP contribution in [0.2, 0.25) is 0 Å². The molecule has 5 heteroatoms. The minimum atomic E-state index is -1.03. The molecule has 1 saturated carbocycles. The van der Waals surface area contributed by atoms with Crippen LogP contribution in [0.4, 0.5) is 0 Å². The number of aliphatic carboxylic acids is 1. The van der Waals surface area contributed by atoms with Crippen LogP contribution in [0.15, 0.2) is 24.3 Å². The van der Waals surface area contributed by atoms with E-state index in [2.05, 4.69) is 5.32 Å². The molecule has 1 aromatic rings. The van der Waals surface area contributed by atoms with Crippen molar-refractivity contribution in [2.24, 2.45) is 5.92 Å². The molecule has 1 amide bonds. The van der Waals surface area contributed by atoms with Crippen LogP contribution in [-0.2, 0) is 9.59 Å². The van der Waals surface area contributed by atoms with Crippen LogP contribution in [0.5, 0.6) is 0 Å². The Bertz CT molecular complexity index is 500. The number of carbonyl (C=O) groups is 2. The van der Waals surface area contributed by atoms with E-state index in [1.165, 1.54) is 12.8 Å². The van der Waals surface area contributed by atoms with Crippen molar-refractivity contribution < 1.29 is 14.7 Å². The van der Waals surface area contributed by atoms with Crippen LogP contribution in [-0.4, -0.2) is 28.5 Å². The van der Waals surface area contributed by atoms with Crippen molar-refractivity contribution in [2.45, 2.75) is 25.8 Å². The predicted molar refractivity (Wildman–Crippen MR) is 79.7 cm³/mol. The van der Waals surface area contributed by atoms with E-state index >= 15 is 0 Å². The molecule has 4 nitrogen and oxygen atoms in total. The Balaban J connectivity index is 1.90. The van der Waals surface area contributed by atoms with Crippen LogP contribution in [0.3, 0.4) is 0 Å². The van der Waals surface area contributed by atoms with E-state index < -0.39 is 12.0 Å². The summed E-state index contributed by atoms with van der Waals surface area (Å²) in [4.78, 5) is 23.1. The van der Waals surface area contributed by atoms with Crippen LogP contribution < -0.4 is 5.32 Å². The monoisotopic (exact) mass is 293 g/mol. The van der Waals surface area contributed by atoms with Gasteiger partial charge in [-0.15, -0.1) is 0 Å². The number of carbonyl (C=O) groups excluding carboxylic acids is 1. The number of hydrogen-bond acceptors (Lipinski definition) is 3. The lowest BCUT2D eigenvalue weighted by Crippen LogP contribution is -2.35. The molecule has 108 valence electrons. The standard InChI is InChI=1S/C15H19NO3S/c1-10-3-2-4-12(7-10)14(15(18)19)16-13(17)9-20-8-11-5-6-11/h2-4,7,11,14H,5-6,8-9H2,1H3,(H,16,17)(H,18,19). The molecule has 2 rings (SSSR count). The summed E-state index contributed by atoms with van der Waals surface area (Å²) in [5, 5.41) is 11.9. The Kier molecular flexibility index (Phi) is 5.06. The number of nitrogens with one attached hydrogen (secondary N) is 1. The number of thioether (sulfide) groups is 1. The van der Waals surface area contributed by atoms with Gasteiger partial charge in [0.1, 0.15) is 0 Å². The van der Waals surface area contributed by atoms with Gasteiger partial charge < -0.3 is 10.4 Å². The zero-order valence-electron chi connectivity index (χ0n) is 11.5. The number of rotatable bonds is 7. The van der Waals surface area contributed by atoms with E-state index in [0.717, 1.165) is 17.2 Å². The van der Waals surface area contributed by atoms with E-state index in [1.54, 1.807) is 30.0 Å². The first-order chi connectivity index (χ1) is 9.56. The molecule has 1 aliphatic rings. The lowest BCUT2D eigenvalue weighted by Gasteiger charge is -2.15. The zero-order chi connectivity index (χ0) is 14.5. The lowest BCUT2D eigenvalue weighted by molar-refractivity contribution is -0.141. The Hall–Kier alpha value is -1.49. The number of benzene rings is 1. The first kappa shape index (κ1) is 14.9. The average molecular weight is 293 g/mol. The summed E-state index contributed by atoms with van der Waals surface area (Å²) in [5.74, 6) is 0.836. The highest BCUT2D eigenvalue weighted by Gasteiger charge is 2.24.